The van der Waals surface area contributed by atoms with E-state index in [-0.39, 0.29) is 6.73 Å². The molecule has 13 heavy (non-hydrogen) atoms. The van der Waals surface area contributed by atoms with Gasteiger partial charge in [-0.05, 0) is 43.0 Å². The average Bonchev–Trinajstić information content (AvgIpc) is 2.13. The molecule has 0 atom stereocenters. The van der Waals surface area contributed by atoms with E-state index in [9.17, 15) is 0 Å². The van der Waals surface area contributed by atoms with Crippen LogP contribution >= 0.6 is 0 Å². The molecule has 0 heterocycles. The summed E-state index contributed by atoms with van der Waals surface area (Å²) in [6.45, 7) is 7.14. The van der Waals surface area contributed by atoms with Crippen molar-refractivity contribution in [2.75, 3.05) is 6.73 Å². The first kappa shape index (κ1) is 10.2. The molecule has 0 aliphatic heterocycles. The predicted molar refractivity (Wildman–Crippen MR) is 54.6 cm³/mol. The summed E-state index contributed by atoms with van der Waals surface area (Å²) in [5.74, 6) is 0. The van der Waals surface area contributed by atoms with Crippen LogP contribution in [0.3, 0.4) is 0 Å². The van der Waals surface area contributed by atoms with Crippen LogP contribution < -0.4 is 5.32 Å². The Bertz CT molecular complexity index is 294. The van der Waals surface area contributed by atoms with Gasteiger partial charge in [0.15, 0.2) is 0 Å². The van der Waals surface area contributed by atoms with Gasteiger partial charge in [-0.25, -0.2) is 0 Å². The highest BCUT2D eigenvalue weighted by Crippen LogP contribution is 2.16. The Morgan fingerprint density at radius 2 is 1.85 bits per heavy atom. The van der Waals surface area contributed by atoms with E-state index in [4.69, 9.17) is 5.11 Å². The Balaban J connectivity index is 2.90. The van der Waals surface area contributed by atoms with Gasteiger partial charge >= 0.3 is 0 Å². The van der Waals surface area contributed by atoms with E-state index in [0.717, 1.165) is 6.54 Å². The number of benzene rings is 1. The molecular formula is C11H17NO. The first-order valence-electron chi connectivity index (χ1n) is 4.54. The summed E-state index contributed by atoms with van der Waals surface area (Å²) < 4.78 is 0. The van der Waals surface area contributed by atoms with Gasteiger partial charge in [-0.2, -0.15) is 0 Å². The zero-order valence-electron chi connectivity index (χ0n) is 8.52. The lowest BCUT2D eigenvalue weighted by Crippen LogP contribution is -2.15. The molecule has 0 amide bonds. The first-order chi connectivity index (χ1) is 6.16. The lowest BCUT2D eigenvalue weighted by molar-refractivity contribution is 0.259. The molecule has 0 saturated carbocycles. The largest absolute Gasteiger partial charge is 0.381 e. The lowest BCUT2D eigenvalue weighted by Gasteiger charge is -2.10. The maximum atomic E-state index is 8.63. The van der Waals surface area contributed by atoms with Crippen LogP contribution in [0.2, 0.25) is 0 Å². The molecule has 0 fully saturated rings. The van der Waals surface area contributed by atoms with Crippen molar-refractivity contribution in [3.63, 3.8) is 0 Å². The molecule has 0 aliphatic rings. The molecule has 0 bridgehead atoms. The van der Waals surface area contributed by atoms with E-state index in [1.54, 1.807) is 0 Å². The second kappa shape index (κ2) is 4.40. The Kier molecular flexibility index (Phi) is 3.46. The van der Waals surface area contributed by atoms with E-state index < -0.39 is 0 Å². The first-order valence-corrected chi connectivity index (χ1v) is 4.54. The molecule has 2 heteroatoms. The van der Waals surface area contributed by atoms with Crippen LogP contribution in [-0.4, -0.2) is 11.8 Å². The second-order valence-electron chi connectivity index (χ2n) is 3.38. The van der Waals surface area contributed by atoms with Crippen LogP contribution in [0, 0.1) is 20.8 Å². The van der Waals surface area contributed by atoms with Crippen molar-refractivity contribution in [1.82, 2.24) is 5.32 Å². The van der Waals surface area contributed by atoms with Gasteiger partial charge in [-0.3, -0.25) is 5.32 Å². The third kappa shape index (κ3) is 2.29. The van der Waals surface area contributed by atoms with Gasteiger partial charge in [0.25, 0.3) is 0 Å². The third-order valence-corrected chi connectivity index (χ3v) is 2.60. The Morgan fingerprint density at radius 3 is 2.46 bits per heavy atom. The van der Waals surface area contributed by atoms with Gasteiger partial charge in [-0.1, -0.05) is 12.1 Å². The van der Waals surface area contributed by atoms with Gasteiger partial charge in [0, 0.05) is 6.54 Å². The van der Waals surface area contributed by atoms with E-state index in [2.05, 4.69) is 38.2 Å². The van der Waals surface area contributed by atoms with Crippen molar-refractivity contribution in [1.29, 1.82) is 0 Å². The maximum absolute atomic E-state index is 8.63. The van der Waals surface area contributed by atoms with Gasteiger partial charge in [0.05, 0.1) is 6.73 Å². The lowest BCUT2D eigenvalue weighted by atomic mass is 9.99. The fourth-order valence-electron chi connectivity index (χ4n) is 1.39. The van der Waals surface area contributed by atoms with Crippen LogP contribution in [-0.2, 0) is 6.54 Å². The highest BCUT2D eigenvalue weighted by molar-refractivity contribution is 5.38. The topological polar surface area (TPSA) is 32.3 Å². The number of hydrogen-bond acceptors (Lipinski definition) is 2. The molecule has 2 N–H and O–H groups in total. The molecule has 1 rings (SSSR count). The summed E-state index contributed by atoms with van der Waals surface area (Å²) in [5.41, 5.74) is 5.25. The second-order valence-corrected chi connectivity index (χ2v) is 3.38. The smallest absolute Gasteiger partial charge is 0.0934 e. The molecule has 0 aromatic heterocycles. The number of nitrogens with one attached hydrogen (secondary N) is 1. The molecule has 1 aromatic carbocycles. The molecule has 2 nitrogen and oxygen atoms in total. The van der Waals surface area contributed by atoms with Crippen LogP contribution in [0.1, 0.15) is 22.3 Å². The molecular weight excluding hydrogens is 162 g/mol. The molecule has 0 saturated heterocycles. The normalized spacial score (nSPS) is 10.5. The van der Waals surface area contributed by atoms with E-state index in [1.807, 2.05) is 0 Å². The number of rotatable bonds is 3. The molecule has 0 unspecified atom stereocenters. The summed E-state index contributed by atoms with van der Waals surface area (Å²) >= 11 is 0. The summed E-state index contributed by atoms with van der Waals surface area (Å²) in [7, 11) is 0. The fraction of sp³-hybridized carbons (Fsp3) is 0.455. The Hall–Kier alpha value is -0.860. The van der Waals surface area contributed by atoms with E-state index in [0.29, 0.717) is 0 Å². The Morgan fingerprint density at radius 1 is 1.15 bits per heavy atom. The van der Waals surface area contributed by atoms with Crippen molar-refractivity contribution in [3.05, 3.63) is 34.4 Å². The third-order valence-electron chi connectivity index (χ3n) is 2.60. The van der Waals surface area contributed by atoms with Crippen molar-refractivity contribution in [2.24, 2.45) is 0 Å². The summed E-state index contributed by atoms with van der Waals surface area (Å²) in [5, 5.41) is 11.5. The predicted octanol–water partition coefficient (Wildman–Crippen LogP) is 1.65. The average molecular weight is 179 g/mol. The summed E-state index contributed by atoms with van der Waals surface area (Å²) in [4.78, 5) is 0. The SMILES string of the molecule is Cc1ccc(CNCO)c(C)c1C. The Labute approximate surface area is 79.6 Å². The fourth-order valence-corrected chi connectivity index (χ4v) is 1.39. The number of hydrogen-bond donors (Lipinski definition) is 2. The van der Waals surface area contributed by atoms with Gasteiger partial charge in [-0.15, -0.1) is 0 Å². The van der Waals surface area contributed by atoms with Gasteiger partial charge in [0.1, 0.15) is 0 Å². The zero-order chi connectivity index (χ0) is 9.84. The molecule has 72 valence electrons. The minimum Gasteiger partial charge on any atom is -0.381 e. The zero-order valence-corrected chi connectivity index (χ0v) is 8.52. The number of aliphatic hydroxyl groups excluding tert-OH is 1. The number of aliphatic hydroxyl groups is 1. The summed E-state index contributed by atoms with van der Waals surface area (Å²) in [6.07, 6.45) is 0. The van der Waals surface area contributed by atoms with Crippen molar-refractivity contribution in [2.45, 2.75) is 27.3 Å². The van der Waals surface area contributed by atoms with Crippen molar-refractivity contribution in [3.8, 4) is 0 Å². The highest BCUT2D eigenvalue weighted by atomic mass is 16.3. The molecule has 0 spiro atoms. The van der Waals surface area contributed by atoms with Crippen LogP contribution in [0.4, 0.5) is 0 Å². The van der Waals surface area contributed by atoms with E-state index >= 15 is 0 Å². The van der Waals surface area contributed by atoms with Crippen molar-refractivity contribution < 1.29 is 5.11 Å². The molecule has 0 aliphatic carbocycles. The standard InChI is InChI=1S/C11H17NO/c1-8-4-5-11(6-12-7-13)10(3)9(8)2/h4-5,12-13H,6-7H2,1-3H3. The van der Waals surface area contributed by atoms with Crippen LogP contribution in [0.25, 0.3) is 0 Å². The number of aryl methyl sites for hydroxylation is 1. The van der Waals surface area contributed by atoms with Gasteiger partial charge < -0.3 is 5.11 Å². The minimum atomic E-state index is 0.0341. The van der Waals surface area contributed by atoms with Crippen LogP contribution in [0.15, 0.2) is 12.1 Å². The van der Waals surface area contributed by atoms with E-state index in [1.165, 1.54) is 22.3 Å². The van der Waals surface area contributed by atoms with Gasteiger partial charge in [0.2, 0.25) is 0 Å². The molecule has 1 aromatic rings. The molecule has 0 radical (unpaired) electrons. The maximum Gasteiger partial charge on any atom is 0.0934 e. The van der Waals surface area contributed by atoms with Crippen LogP contribution in [0.5, 0.6) is 0 Å². The highest BCUT2D eigenvalue weighted by Gasteiger charge is 2.02. The minimum absolute atomic E-state index is 0.0341. The summed E-state index contributed by atoms with van der Waals surface area (Å²) in [6, 6.07) is 4.23. The quantitative estimate of drug-likeness (QED) is 0.691. The monoisotopic (exact) mass is 179 g/mol. The van der Waals surface area contributed by atoms with Crippen molar-refractivity contribution >= 4 is 0 Å².